The fraction of sp³-hybridized carbons (Fsp3) is 0.478. The summed E-state index contributed by atoms with van der Waals surface area (Å²) in [4.78, 5) is 20.3. The van der Waals surface area contributed by atoms with Crippen molar-refractivity contribution in [1.29, 1.82) is 0 Å². The number of hydrogen-bond donors (Lipinski definition) is 0. The van der Waals surface area contributed by atoms with E-state index in [1.807, 2.05) is 25.6 Å². The molecule has 0 fully saturated rings. The fourth-order valence-corrected chi connectivity index (χ4v) is 5.20. The van der Waals surface area contributed by atoms with Crippen molar-refractivity contribution < 1.29 is 13.9 Å². The molecule has 11 heteroatoms. The highest BCUT2D eigenvalue weighted by molar-refractivity contribution is 7.99. The van der Waals surface area contributed by atoms with Gasteiger partial charge in [-0.25, -0.2) is 4.98 Å². The Bertz CT molecular complexity index is 1180. The number of carbonyl (C=O) groups is 1. The smallest absolute Gasteiger partial charge is 0.264 e. The first kappa shape index (κ1) is 24.6. The van der Waals surface area contributed by atoms with Crippen LogP contribution in [-0.2, 0) is 24.7 Å². The van der Waals surface area contributed by atoms with Crippen LogP contribution in [0.3, 0.4) is 0 Å². The molecular formula is C23H29ClN6O3S. The molecule has 0 saturated carbocycles. The monoisotopic (exact) mass is 504 g/mol. The van der Waals surface area contributed by atoms with E-state index in [0.717, 1.165) is 66.9 Å². The van der Waals surface area contributed by atoms with Gasteiger partial charge in [0.15, 0.2) is 23.9 Å². The maximum Gasteiger partial charge on any atom is 0.264 e. The third-order valence-corrected chi connectivity index (χ3v) is 7.50. The van der Waals surface area contributed by atoms with Crippen LogP contribution in [0.4, 0.5) is 5.69 Å². The second kappa shape index (κ2) is 10.4. The highest BCUT2D eigenvalue weighted by atomic mass is 35.5. The van der Waals surface area contributed by atoms with Gasteiger partial charge in [-0.3, -0.25) is 4.79 Å². The molecule has 0 atom stereocenters. The van der Waals surface area contributed by atoms with Crippen molar-refractivity contribution in [2.24, 2.45) is 7.05 Å². The third-order valence-electron chi connectivity index (χ3n) is 6.40. The summed E-state index contributed by atoms with van der Waals surface area (Å²) < 4.78 is 13.1. The number of hydrogen-bond acceptors (Lipinski definition) is 8. The van der Waals surface area contributed by atoms with Gasteiger partial charge in [-0.05, 0) is 56.0 Å². The molecule has 3 aromatic rings. The predicted octanol–water partition coefficient (Wildman–Crippen LogP) is 3.14. The summed E-state index contributed by atoms with van der Waals surface area (Å²) >= 11 is 1.72. The van der Waals surface area contributed by atoms with Gasteiger partial charge in [0.05, 0.1) is 11.4 Å². The zero-order chi connectivity index (χ0) is 22.9. The Labute approximate surface area is 209 Å². The van der Waals surface area contributed by atoms with Gasteiger partial charge in [-0.1, -0.05) is 11.8 Å². The first-order chi connectivity index (χ1) is 16.0. The maximum absolute atomic E-state index is 12.0. The number of halogens is 1. The van der Waals surface area contributed by atoms with Gasteiger partial charge in [-0.2, -0.15) is 0 Å². The SMILES string of the molecule is Cc1ncoc1-c1nnc(SCCCN2CCc3cc4c(cc3CC2)N(C)C(=O)CO4)n1C.Cl. The van der Waals surface area contributed by atoms with E-state index in [-0.39, 0.29) is 24.9 Å². The largest absolute Gasteiger partial charge is 0.482 e. The molecule has 1 aromatic carbocycles. The number of ether oxygens (including phenoxy) is 1. The van der Waals surface area contributed by atoms with Gasteiger partial charge in [-0.15, -0.1) is 22.6 Å². The molecule has 0 spiro atoms. The normalized spacial score (nSPS) is 15.9. The first-order valence-corrected chi connectivity index (χ1v) is 12.2. The number of oxazole rings is 1. The van der Waals surface area contributed by atoms with Gasteiger partial charge in [0, 0.05) is 32.9 Å². The molecule has 0 N–H and O–H groups in total. The van der Waals surface area contributed by atoms with Crippen molar-refractivity contribution in [3.63, 3.8) is 0 Å². The zero-order valence-corrected chi connectivity index (χ0v) is 21.2. The first-order valence-electron chi connectivity index (χ1n) is 11.2. The Morgan fingerprint density at radius 1 is 1.12 bits per heavy atom. The van der Waals surface area contributed by atoms with Crippen LogP contribution in [0.15, 0.2) is 28.1 Å². The molecule has 1 amide bonds. The Morgan fingerprint density at radius 3 is 2.62 bits per heavy atom. The molecule has 5 rings (SSSR count). The molecule has 34 heavy (non-hydrogen) atoms. The van der Waals surface area contributed by atoms with Crippen LogP contribution in [0.5, 0.6) is 5.75 Å². The number of amides is 1. The maximum atomic E-state index is 12.0. The van der Waals surface area contributed by atoms with Crippen molar-refractivity contribution in [3.8, 4) is 17.3 Å². The number of aryl methyl sites for hydroxylation is 1. The molecule has 0 bridgehead atoms. The second-order valence-electron chi connectivity index (χ2n) is 8.51. The Morgan fingerprint density at radius 2 is 1.88 bits per heavy atom. The molecule has 9 nitrogen and oxygen atoms in total. The van der Waals surface area contributed by atoms with E-state index < -0.39 is 0 Å². The lowest BCUT2D eigenvalue weighted by Gasteiger charge is -2.27. The number of carbonyl (C=O) groups excluding carboxylic acids is 1. The van der Waals surface area contributed by atoms with Crippen molar-refractivity contribution >= 4 is 35.8 Å². The summed E-state index contributed by atoms with van der Waals surface area (Å²) in [6, 6.07) is 4.28. The topological polar surface area (TPSA) is 89.5 Å². The number of nitrogens with zero attached hydrogens (tertiary/aromatic N) is 6. The van der Waals surface area contributed by atoms with Gasteiger partial charge in [0.25, 0.3) is 5.91 Å². The van der Waals surface area contributed by atoms with Gasteiger partial charge in [0.2, 0.25) is 5.82 Å². The van der Waals surface area contributed by atoms with Crippen molar-refractivity contribution in [2.75, 3.05) is 43.9 Å². The number of rotatable bonds is 6. The van der Waals surface area contributed by atoms with Gasteiger partial charge < -0.3 is 23.5 Å². The quantitative estimate of drug-likeness (QED) is 0.373. The van der Waals surface area contributed by atoms with E-state index in [2.05, 4.69) is 32.2 Å². The lowest BCUT2D eigenvalue weighted by molar-refractivity contribution is -0.120. The molecule has 2 aliphatic rings. The van der Waals surface area contributed by atoms with Gasteiger partial charge >= 0.3 is 0 Å². The number of likely N-dealkylation sites (N-methyl/N-ethyl adjacent to an activating group) is 1. The predicted molar refractivity (Wildman–Crippen MR) is 133 cm³/mol. The van der Waals surface area contributed by atoms with E-state index in [1.54, 1.807) is 16.7 Å². The number of aromatic nitrogens is 4. The Hall–Kier alpha value is -2.56. The molecule has 2 aromatic heterocycles. The third kappa shape index (κ3) is 4.80. The summed E-state index contributed by atoms with van der Waals surface area (Å²) in [6.07, 6.45) is 4.49. The second-order valence-corrected chi connectivity index (χ2v) is 9.57. The summed E-state index contributed by atoms with van der Waals surface area (Å²) in [6.45, 7) is 5.12. The van der Waals surface area contributed by atoms with Crippen molar-refractivity contribution in [3.05, 3.63) is 35.3 Å². The summed E-state index contributed by atoms with van der Waals surface area (Å²) in [7, 11) is 3.78. The standard InChI is InChI=1S/C23H28N6O3S.ClH/c1-15-21(32-14-24-15)22-25-26-23(28(22)3)33-10-4-7-29-8-5-16-11-18-19(12-17(16)6-9-29)31-13-20(30)27(18)2;/h11-12,14H,4-10,13H2,1-3H3;1H. The number of benzene rings is 1. The summed E-state index contributed by atoms with van der Waals surface area (Å²) in [5.74, 6) is 3.17. The lowest BCUT2D eigenvalue weighted by atomic mass is 10.0. The molecule has 0 saturated heterocycles. The van der Waals surface area contributed by atoms with E-state index >= 15 is 0 Å². The minimum atomic E-state index is 0. The van der Waals surface area contributed by atoms with Crippen LogP contribution in [0, 0.1) is 6.92 Å². The molecule has 0 radical (unpaired) electrons. The van der Waals surface area contributed by atoms with Crippen LogP contribution in [0.25, 0.3) is 11.6 Å². The van der Waals surface area contributed by atoms with E-state index in [1.165, 1.54) is 17.5 Å². The minimum absolute atomic E-state index is 0. The lowest BCUT2D eigenvalue weighted by Crippen LogP contribution is -2.35. The molecule has 4 heterocycles. The highest BCUT2D eigenvalue weighted by Gasteiger charge is 2.25. The van der Waals surface area contributed by atoms with E-state index in [9.17, 15) is 4.79 Å². The minimum Gasteiger partial charge on any atom is -0.482 e. The molecule has 0 aliphatic carbocycles. The number of thioether (sulfide) groups is 1. The zero-order valence-electron chi connectivity index (χ0n) is 19.6. The van der Waals surface area contributed by atoms with Crippen LogP contribution >= 0.6 is 24.2 Å². The number of anilines is 1. The molecular weight excluding hydrogens is 476 g/mol. The molecule has 0 unspecified atom stereocenters. The van der Waals surface area contributed by atoms with Crippen molar-refractivity contribution in [1.82, 2.24) is 24.6 Å². The average molecular weight is 505 g/mol. The molecule has 2 aliphatic heterocycles. The van der Waals surface area contributed by atoms with Gasteiger partial charge in [0.1, 0.15) is 5.75 Å². The average Bonchev–Trinajstić information content (AvgIpc) is 3.33. The van der Waals surface area contributed by atoms with Crippen molar-refractivity contribution in [2.45, 2.75) is 31.3 Å². The van der Waals surface area contributed by atoms with E-state index in [4.69, 9.17) is 9.15 Å². The van der Waals surface area contributed by atoms with Crippen LogP contribution < -0.4 is 9.64 Å². The molecule has 182 valence electrons. The summed E-state index contributed by atoms with van der Waals surface area (Å²) in [5.41, 5.74) is 4.36. The Kier molecular flexibility index (Phi) is 7.49. The Balaban J connectivity index is 0.00000274. The highest BCUT2D eigenvalue weighted by Crippen LogP contribution is 2.35. The van der Waals surface area contributed by atoms with Crippen LogP contribution in [-0.4, -0.2) is 69.6 Å². The van der Waals surface area contributed by atoms with Crippen LogP contribution in [0.2, 0.25) is 0 Å². The fourth-order valence-electron chi connectivity index (χ4n) is 4.37. The van der Waals surface area contributed by atoms with Crippen LogP contribution in [0.1, 0.15) is 23.2 Å². The number of fused-ring (bicyclic) bond motifs is 2. The van der Waals surface area contributed by atoms with E-state index in [0.29, 0.717) is 11.6 Å². The summed E-state index contributed by atoms with van der Waals surface area (Å²) in [5, 5.41) is 9.48.